The topological polar surface area (TPSA) is 55.6 Å². The summed E-state index contributed by atoms with van der Waals surface area (Å²) < 4.78 is 5.42. The lowest BCUT2D eigenvalue weighted by atomic mass is 10.1. The van der Waals surface area contributed by atoms with E-state index in [9.17, 15) is 4.79 Å². The molecule has 0 aromatic heterocycles. The molecule has 1 rings (SSSR count). The highest BCUT2D eigenvalue weighted by atomic mass is 16.6. The summed E-state index contributed by atoms with van der Waals surface area (Å²) in [7, 11) is 0. The zero-order chi connectivity index (χ0) is 11.3. The summed E-state index contributed by atoms with van der Waals surface area (Å²) in [4.78, 5) is 13.5. The third kappa shape index (κ3) is 4.08. The maximum absolute atomic E-state index is 11.8. The van der Waals surface area contributed by atoms with Gasteiger partial charge in [-0.2, -0.15) is 0 Å². The lowest BCUT2D eigenvalue weighted by molar-refractivity contribution is 0.00714. The highest BCUT2D eigenvalue weighted by Gasteiger charge is 2.26. The van der Waals surface area contributed by atoms with E-state index < -0.39 is 5.60 Å². The van der Waals surface area contributed by atoms with E-state index in [-0.39, 0.29) is 6.09 Å². The summed E-state index contributed by atoms with van der Waals surface area (Å²) in [6, 6.07) is 0. The quantitative estimate of drug-likeness (QED) is 0.778. The van der Waals surface area contributed by atoms with Crippen LogP contribution < -0.4 is 5.73 Å². The van der Waals surface area contributed by atoms with E-state index in [2.05, 4.69) is 0 Å². The molecule has 4 heteroatoms. The van der Waals surface area contributed by atoms with Gasteiger partial charge >= 0.3 is 6.09 Å². The first-order valence-electron chi connectivity index (χ1n) is 5.73. The van der Waals surface area contributed by atoms with Gasteiger partial charge in [0.25, 0.3) is 0 Å². The van der Waals surface area contributed by atoms with Crippen LogP contribution in [0.15, 0.2) is 0 Å². The van der Waals surface area contributed by atoms with Crippen LogP contribution in [0.2, 0.25) is 0 Å². The number of likely N-dealkylation sites (tertiary alicyclic amines) is 1. The second-order valence-electron chi connectivity index (χ2n) is 4.71. The van der Waals surface area contributed by atoms with Crippen LogP contribution in [0.4, 0.5) is 4.79 Å². The van der Waals surface area contributed by atoms with E-state index in [1.54, 1.807) is 4.90 Å². The summed E-state index contributed by atoms with van der Waals surface area (Å²) in [6.45, 7) is 6.01. The normalized spacial score (nSPS) is 17.7. The average Bonchev–Trinajstić information content (AvgIpc) is 2.18. The Morgan fingerprint density at radius 3 is 2.47 bits per heavy atom. The lowest BCUT2D eigenvalue weighted by Crippen LogP contribution is -2.41. The summed E-state index contributed by atoms with van der Waals surface area (Å²) in [5, 5.41) is 0. The highest BCUT2D eigenvalue weighted by molar-refractivity contribution is 5.68. The Morgan fingerprint density at radius 2 is 1.93 bits per heavy atom. The Morgan fingerprint density at radius 1 is 1.33 bits per heavy atom. The molecule has 1 amide bonds. The number of carbonyl (C=O) groups is 1. The molecule has 1 saturated heterocycles. The standard InChI is InChI=1S/C11H22N2O2/c1-11(2,6-7-12)15-10(14)13-8-4-3-5-9-13/h3-9,12H2,1-2H3. The molecule has 15 heavy (non-hydrogen) atoms. The van der Waals surface area contributed by atoms with Gasteiger partial charge < -0.3 is 15.4 Å². The first kappa shape index (κ1) is 12.3. The molecule has 0 atom stereocenters. The van der Waals surface area contributed by atoms with Gasteiger partial charge in [0, 0.05) is 13.1 Å². The van der Waals surface area contributed by atoms with E-state index in [4.69, 9.17) is 10.5 Å². The summed E-state index contributed by atoms with van der Waals surface area (Å²) in [5.74, 6) is 0. The molecule has 0 bridgehead atoms. The number of hydrogen-bond acceptors (Lipinski definition) is 3. The number of rotatable bonds is 3. The zero-order valence-electron chi connectivity index (χ0n) is 9.79. The van der Waals surface area contributed by atoms with Crippen LogP contribution in [-0.2, 0) is 4.74 Å². The van der Waals surface area contributed by atoms with Gasteiger partial charge in [-0.15, -0.1) is 0 Å². The number of piperidine rings is 1. The maximum Gasteiger partial charge on any atom is 0.410 e. The number of carbonyl (C=O) groups excluding carboxylic acids is 1. The number of ether oxygens (including phenoxy) is 1. The lowest BCUT2D eigenvalue weighted by Gasteiger charge is -2.31. The molecule has 4 nitrogen and oxygen atoms in total. The van der Waals surface area contributed by atoms with Crippen LogP contribution >= 0.6 is 0 Å². The number of nitrogens with zero attached hydrogens (tertiary/aromatic N) is 1. The molecule has 0 aliphatic carbocycles. The predicted molar refractivity (Wildman–Crippen MR) is 59.7 cm³/mol. The molecule has 0 radical (unpaired) electrons. The number of nitrogens with two attached hydrogens (primary N) is 1. The Labute approximate surface area is 91.8 Å². The fraction of sp³-hybridized carbons (Fsp3) is 0.909. The smallest absolute Gasteiger partial charge is 0.410 e. The van der Waals surface area contributed by atoms with Crippen LogP contribution in [0.3, 0.4) is 0 Å². The summed E-state index contributed by atoms with van der Waals surface area (Å²) >= 11 is 0. The molecular weight excluding hydrogens is 192 g/mol. The van der Waals surface area contributed by atoms with Crippen molar-refractivity contribution in [2.75, 3.05) is 19.6 Å². The minimum absolute atomic E-state index is 0.187. The van der Waals surface area contributed by atoms with Crippen LogP contribution in [-0.4, -0.2) is 36.2 Å². The molecule has 2 N–H and O–H groups in total. The van der Waals surface area contributed by atoms with Crippen molar-refractivity contribution in [2.24, 2.45) is 5.73 Å². The molecule has 0 saturated carbocycles. The van der Waals surface area contributed by atoms with E-state index in [1.165, 1.54) is 6.42 Å². The largest absolute Gasteiger partial charge is 0.443 e. The van der Waals surface area contributed by atoms with Gasteiger partial charge in [0.05, 0.1) is 0 Å². The van der Waals surface area contributed by atoms with Crippen molar-refractivity contribution in [2.45, 2.75) is 45.1 Å². The molecule has 0 aromatic rings. The van der Waals surface area contributed by atoms with Gasteiger partial charge in [-0.05, 0) is 46.1 Å². The minimum atomic E-state index is -0.441. The second kappa shape index (κ2) is 5.35. The van der Waals surface area contributed by atoms with Gasteiger partial charge in [-0.1, -0.05) is 0 Å². The third-order valence-corrected chi connectivity index (χ3v) is 2.72. The van der Waals surface area contributed by atoms with E-state index in [0.717, 1.165) is 25.9 Å². The van der Waals surface area contributed by atoms with Gasteiger partial charge in [0.1, 0.15) is 5.60 Å². The molecule has 0 unspecified atom stereocenters. The number of hydrogen-bond donors (Lipinski definition) is 1. The summed E-state index contributed by atoms with van der Waals surface area (Å²) in [6.07, 6.45) is 3.91. The molecule has 0 aromatic carbocycles. The van der Waals surface area contributed by atoms with Crippen molar-refractivity contribution in [3.8, 4) is 0 Å². The molecule has 0 spiro atoms. The first-order chi connectivity index (χ1) is 7.05. The second-order valence-corrected chi connectivity index (χ2v) is 4.71. The molecule has 1 fully saturated rings. The van der Waals surface area contributed by atoms with Crippen LogP contribution in [0.25, 0.3) is 0 Å². The zero-order valence-corrected chi connectivity index (χ0v) is 9.79. The molecule has 1 aliphatic heterocycles. The third-order valence-electron chi connectivity index (χ3n) is 2.72. The van der Waals surface area contributed by atoms with Crippen molar-refractivity contribution < 1.29 is 9.53 Å². The van der Waals surface area contributed by atoms with Gasteiger partial charge in [-0.3, -0.25) is 0 Å². The van der Waals surface area contributed by atoms with Crippen LogP contribution in [0.1, 0.15) is 39.5 Å². The maximum atomic E-state index is 11.8. The van der Waals surface area contributed by atoms with Crippen LogP contribution in [0, 0.1) is 0 Å². The highest BCUT2D eigenvalue weighted by Crippen LogP contribution is 2.17. The van der Waals surface area contributed by atoms with Crippen molar-refractivity contribution in [1.29, 1.82) is 0 Å². The minimum Gasteiger partial charge on any atom is -0.443 e. The van der Waals surface area contributed by atoms with Gasteiger partial charge in [0.15, 0.2) is 0 Å². The van der Waals surface area contributed by atoms with Crippen molar-refractivity contribution in [3.05, 3.63) is 0 Å². The fourth-order valence-electron chi connectivity index (χ4n) is 1.78. The van der Waals surface area contributed by atoms with Crippen LogP contribution in [0.5, 0.6) is 0 Å². The van der Waals surface area contributed by atoms with Crippen molar-refractivity contribution in [1.82, 2.24) is 4.90 Å². The molecule has 1 aliphatic rings. The van der Waals surface area contributed by atoms with E-state index in [0.29, 0.717) is 13.0 Å². The average molecular weight is 214 g/mol. The SMILES string of the molecule is CC(C)(CCN)OC(=O)N1CCCCC1. The summed E-state index contributed by atoms with van der Waals surface area (Å²) in [5.41, 5.74) is 5.02. The molecular formula is C11H22N2O2. The fourth-order valence-corrected chi connectivity index (χ4v) is 1.78. The predicted octanol–water partition coefficient (Wildman–Crippen LogP) is 1.74. The Hall–Kier alpha value is -0.770. The Kier molecular flexibility index (Phi) is 4.39. The van der Waals surface area contributed by atoms with E-state index >= 15 is 0 Å². The molecule has 1 heterocycles. The van der Waals surface area contributed by atoms with Crippen molar-refractivity contribution >= 4 is 6.09 Å². The number of amides is 1. The van der Waals surface area contributed by atoms with Gasteiger partial charge in [0.2, 0.25) is 0 Å². The monoisotopic (exact) mass is 214 g/mol. The Balaban J connectivity index is 2.39. The Bertz CT molecular complexity index is 211. The van der Waals surface area contributed by atoms with E-state index in [1.807, 2.05) is 13.8 Å². The molecule has 88 valence electrons. The first-order valence-corrected chi connectivity index (χ1v) is 5.73. The van der Waals surface area contributed by atoms with Crippen molar-refractivity contribution in [3.63, 3.8) is 0 Å². The van der Waals surface area contributed by atoms with Gasteiger partial charge in [-0.25, -0.2) is 4.79 Å².